The maximum Gasteiger partial charge on any atom is 0.137 e. The van der Waals surface area contributed by atoms with Crippen LogP contribution in [0, 0.1) is 5.82 Å². The second-order valence-corrected chi connectivity index (χ2v) is 5.70. The summed E-state index contributed by atoms with van der Waals surface area (Å²) >= 11 is 15.6. The van der Waals surface area contributed by atoms with Crippen LogP contribution in [0.1, 0.15) is 17.2 Å². The summed E-state index contributed by atoms with van der Waals surface area (Å²) in [7, 11) is 1.81. The average Bonchev–Trinajstić information content (AvgIpc) is 2.37. The van der Waals surface area contributed by atoms with E-state index in [9.17, 15) is 4.39 Å². The largest absolute Gasteiger partial charge is 0.309 e. The quantitative estimate of drug-likeness (QED) is 0.790. The summed E-state index contributed by atoms with van der Waals surface area (Å²) < 4.78 is 13.7. The summed E-state index contributed by atoms with van der Waals surface area (Å²) in [5.41, 5.74) is 1.66. The zero-order chi connectivity index (χ0) is 14.0. The van der Waals surface area contributed by atoms with E-state index in [0.717, 1.165) is 11.1 Å². The molecule has 0 saturated heterocycles. The fourth-order valence-electron chi connectivity index (χ4n) is 1.96. The van der Waals surface area contributed by atoms with Gasteiger partial charge in [0.15, 0.2) is 0 Å². The fraction of sp³-hybridized carbons (Fsp3) is 0.143. The molecule has 100 valence electrons. The molecule has 0 bridgehead atoms. The molecule has 19 heavy (non-hydrogen) atoms. The van der Waals surface area contributed by atoms with Gasteiger partial charge in [-0.15, -0.1) is 0 Å². The number of benzene rings is 2. The van der Waals surface area contributed by atoms with Crippen LogP contribution < -0.4 is 5.32 Å². The van der Waals surface area contributed by atoms with Crippen LogP contribution in [0.3, 0.4) is 0 Å². The molecule has 2 aromatic carbocycles. The minimum absolute atomic E-state index is 0.196. The van der Waals surface area contributed by atoms with Crippen molar-refractivity contribution in [3.05, 3.63) is 67.9 Å². The predicted octanol–water partition coefficient (Wildman–Crippen LogP) is 5.20. The molecule has 1 N–H and O–H groups in total. The highest BCUT2D eigenvalue weighted by molar-refractivity contribution is 9.10. The SMILES string of the molecule is CNC(c1ccc(F)c(Br)c1)c1c(Cl)cccc1Cl. The maximum atomic E-state index is 13.3. The normalized spacial score (nSPS) is 12.5. The highest BCUT2D eigenvalue weighted by Crippen LogP contribution is 2.34. The molecule has 1 atom stereocenters. The van der Waals surface area contributed by atoms with Crippen LogP contribution in [0.25, 0.3) is 0 Å². The van der Waals surface area contributed by atoms with Crippen molar-refractivity contribution in [3.8, 4) is 0 Å². The van der Waals surface area contributed by atoms with Gasteiger partial charge in [-0.1, -0.05) is 35.3 Å². The standard InChI is InChI=1S/C14H11BrCl2FN/c1-19-14(8-5-6-12(18)9(15)7-8)13-10(16)3-2-4-11(13)17/h2-7,14,19H,1H3. The van der Waals surface area contributed by atoms with E-state index in [1.54, 1.807) is 30.3 Å². The van der Waals surface area contributed by atoms with Crippen molar-refractivity contribution in [2.24, 2.45) is 0 Å². The van der Waals surface area contributed by atoms with Crippen LogP contribution in [-0.2, 0) is 0 Å². The highest BCUT2D eigenvalue weighted by Gasteiger charge is 2.19. The first kappa shape index (κ1) is 14.8. The van der Waals surface area contributed by atoms with Crippen LogP contribution >= 0.6 is 39.1 Å². The van der Waals surface area contributed by atoms with Gasteiger partial charge in [0.2, 0.25) is 0 Å². The zero-order valence-electron chi connectivity index (χ0n) is 10.1. The van der Waals surface area contributed by atoms with E-state index in [0.29, 0.717) is 14.5 Å². The molecule has 0 saturated carbocycles. The molecule has 2 aromatic rings. The Balaban J connectivity index is 2.53. The molecule has 0 aromatic heterocycles. The van der Waals surface area contributed by atoms with Gasteiger partial charge in [-0.25, -0.2) is 4.39 Å². The van der Waals surface area contributed by atoms with E-state index in [1.807, 2.05) is 7.05 Å². The van der Waals surface area contributed by atoms with Crippen LogP contribution in [0.15, 0.2) is 40.9 Å². The fourth-order valence-corrected chi connectivity index (χ4v) is 2.97. The van der Waals surface area contributed by atoms with E-state index >= 15 is 0 Å². The highest BCUT2D eigenvalue weighted by atomic mass is 79.9. The van der Waals surface area contributed by atoms with Gasteiger partial charge in [-0.2, -0.15) is 0 Å². The van der Waals surface area contributed by atoms with Crippen molar-refractivity contribution in [1.82, 2.24) is 5.32 Å². The lowest BCUT2D eigenvalue weighted by Gasteiger charge is -2.20. The van der Waals surface area contributed by atoms with Crippen molar-refractivity contribution in [2.75, 3.05) is 7.05 Å². The number of rotatable bonds is 3. The molecular formula is C14H11BrCl2FN. The zero-order valence-corrected chi connectivity index (χ0v) is 13.2. The van der Waals surface area contributed by atoms with Gasteiger partial charge in [-0.05, 0) is 52.8 Å². The molecule has 0 spiro atoms. The van der Waals surface area contributed by atoms with Crippen molar-refractivity contribution in [2.45, 2.75) is 6.04 Å². The molecule has 0 aliphatic rings. The second-order valence-electron chi connectivity index (χ2n) is 4.03. The van der Waals surface area contributed by atoms with Gasteiger partial charge in [0.25, 0.3) is 0 Å². The first-order chi connectivity index (χ1) is 9.04. The number of nitrogens with one attached hydrogen (secondary N) is 1. The van der Waals surface area contributed by atoms with E-state index in [-0.39, 0.29) is 11.9 Å². The van der Waals surface area contributed by atoms with Gasteiger partial charge in [0, 0.05) is 15.6 Å². The lowest BCUT2D eigenvalue weighted by molar-refractivity contribution is 0.616. The van der Waals surface area contributed by atoms with Crippen molar-refractivity contribution in [3.63, 3.8) is 0 Å². The summed E-state index contributed by atoms with van der Waals surface area (Å²) in [5, 5.41) is 4.30. The average molecular weight is 363 g/mol. The Morgan fingerprint density at radius 1 is 1.16 bits per heavy atom. The Morgan fingerprint density at radius 2 is 1.79 bits per heavy atom. The van der Waals surface area contributed by atoms with E-state index < -0.39 is 0 Å². The molecule has 2 rings (SSSR count). The summed E-state index contributed by atoms with van der Waals surface area (Å²) in [4.78, 5) is 0. The number of hydrogen-bond acceptors (Lipinski definition) is 1. The molecular weight excluding hydrogens is 352 g/mol. The molecule has 0 heterocycles. The van der Waals surface area contributed by atoms with E-state index in [2.05, 4.69) is 21.2 Å². The van der Waals surface area contributed by atoms with Gasteiger partial charge in [0.1, 0.15) is 5.82 Å². The van der Waals surface area contributed by atoms with Gasteiger partial charge in [-0.3, -0.25) is 0 Å². The van der Waals surface area contributed by atoms with Crippen LogP contribution in [0.4, 0.5) is 4.39 Å². The Morgan fingerprint density at radius 3 is 2.32 bits per heavy atom. The van der Waals surface area contributed by atoms with Gasteiger partial charge in [0.05, 0.1) is 10.5 Å². The molecule has 0 aliphatic carbocycles. The van der Waals surface area contributed by atoms with Crippen molar-refractivity contribution < 1.29 is 4.39 Å². The lowest BCUT2D eigenvalue weighted by atomic mass is 9.98. The third-order valence-corrected chi connectivity index (χ3v) is 4.12. The molecule has 5 heteroatoms. The Labute approximate surface area is 129 Å². The first-order valence-electron chi connectivity index (χ1n) is 5.60. The second kappa shape index (κ2) is 6.23. The Kier molecular flexibility index (Phi) is 4.85. The Hall–Kier alpha value is -0.610. The van der Waals surface area contributed by atoms with Crippen molar-refractivity contribution >= 4 is 39.1 Å². The monoisotopic (exact) mass is 361 g/mol. The summed E-state index contributed by atoms with van der Waals surface area (Å²) in [5.74, 6) is -0.302. The first-order valence-corrected chi connectivity index (χ1v) is 7.15. The van der Waals surface area contributed by atoms with E-state index in [1.165, 1.54) is 6.07 Å². The van der Waals surface area contributed by atoms with E-state index in [4.69, 9.17) is 23.2 Å². The number of hydrogen-bond donors (Lipinski definition) is 1. The maximum absolute atomic E-state index is 13.3. The third-order valence-electron chi connectivity index (χ3n) is 2.85. The molecule has 1 nitrogen and oxygen atoms in total. The van der Waals surface area contributed by atoms with Crippen LogP contribution in [-0.4, -0.2) is 7.05 Å². The smallest absolute Gasteiger partial charge is 0.137 e. The van der Waals surface area contributed by atoms with Gasteiger partial charge >= 0.3 is 0 Å². The molecule has 0 radical (unpaired) electrons. The van der Waals surface area contributed by atoms with Crippen LogP contribution in [0.5, 0.6) is 0 Å². The van der Waals surface area contributed by atoms with Crippen LogP contribution in [0.2, 0.25) is 10.0 Å². The van der Waals surface area contributed by atoms with Crippen molar-refractivity contribution in [1.29, 1.82) is 0 Å². The molecule has 1 unspecified atom stereocenters. The predicted molar refractivity (Wildman–Crippen MR) is 81.5 cm³/mol. The minimum atomic E-state index is -0.302. The summed E-state index contributed by atoms with van der Waals surface area (Å²) in [6.07, 6.45) is 0. The van der Waals surface area contributed by atoms with Gasteiger partial charge < -0.3 is 5.32 Å². The Bertz CT molecular complexity index is 584. The summed E-state index contributed by atoms with van der Waals surface area (Å²) in [6.45, 7) is 0. The molecule has 0 aliphatic heterocycles. The molecule has 0 amide bonds. The third kappa shape index (κ3) is 3.11. The molecule has 0 fully saturated rings. The minimum Gasteiger partial charge on any atom is -0.309 e. The summed E-state index contributed by atoms with van der Waals surface area (Å²) in [6, 6.07) is 10.0. The lowest BCUT2D eigenvalue weighted by Crippen LogP contribution is -2.18. The number of halogens is 4. The topological polar surface area (TPSA) is 12.0 Å².